The van der Waals surface area contributed by atoms with Crippen LogP contribution in [-0.4, -0.2) is 38.5 Å². The van der Waals surface area contributed by atoms with E-state index in [0.29, 0.717) is 6.54 Å². The molecule has 0 aromatic carbocycles. The predicted octanol–water partition coefficient (Wildman–Crippen LogP) is 0.772. The summed E-state index contributed by atoms with van der Waals surface area (Å²) in [6, 6.07) is 0.170. The number of carboxylic acids is 1. The number of nitrogens with zero attached hydrogens (tertiary/aromatic N) is 3. The Bertz CT molecular complexity index is 314. The molecular weight excluding hydrogens is 194 g/mol. The number of carboxylic acid groups (broad SMARTS) is 1. The average molecular weight is 209 g/mol. The van der Waals surface area contributed by atoms with Crippen LogP contribution in [-0.2, 0) is 11.3 Å². The highest BCUT2D eigenvalue weighted by atomic mass is 16.4. The number of hydrogen-bond donors (Lipinski definition) is 1. The first-order valence-corrected chi connectivity index (χ1v) is 4.80. The molecule has 0 atom stereocenters. The quantitative estimate of drug-likeness (QED) is 0.776. The fraction of sp³-hybridized carbons (Fsp3) is 0.500. The lowest BCUT2D eigenvalue weighted by Gasteiger charge is -2.23. The molecular formula is C10H15N3O2. The molecule has 0 amide bonds. The van der Waals surface area contributed by atoms with E-state index < -0.39 is 5.97 Å². The molecule has 1 aromatic heterocycles. The Labute approximate surface area is 88.8 Å². The van der Waals surface area contributed by atoms with Gasteiger partial charge in [0.25, 0.3) is 0 Å². The second-order valence-corrected chi connectivity index (χ2v) is 3.59. The number of rotatable bonds is 5. The van der Waals surface area contributed by atoms with Gasteiger partial charge in [-0.15, -0.1) is 0 Å². The standard InChI is InChI=1S/C10H15N3O2/c1-8(2)13(7-10(14)15)6-9-5-11-3-4-12-9/h3-5,8H,6-7H2,1-2H3,(H,14,15). The van der Waals surface area contributed by atoms with Gasteiger partial charge in [0.15, 0.2) is 0 Å². The van der Waals surface area contributed by atoms with Crippen molar-refractivity contribution in [2.75, 3.05) is 6.54 Å². The summed E-state index contributed by atoms with van der Waals surface area (Å²) in [5, 5.41) is 8.73. The van der Waals surface area contributed by atoms with Gasteiger partial charge in [0.2, 0.25) is 0 Å². The van der Waals surface area contributed by atoms with Crippen LogP contribution >= 0.6 is 0 Å². The molecule has 5 heteroatoms. The third kappa shape index (κ3) is 4.03. The molecule has 0 aliphatic carbocycles. The topological polar surface area (TPSA) is 66.3 Å². The first kappa shape index (κ1) is 11.6. The molecule has 0 aliphatic rings. The fourth-order valence-electron chi connectivity index (χ4n) is 1.21. The Morgan fingerprint density at radius 3 is 2.73 bits per heavy atom. The number of aliphatic carboxylic acids is 1. The van der Waals surface area contributed by atoms with Crippen molar-refractivity contribution in [3.63, 3.8) is 0 Å². The first-order chi connectivity index (χ1) is 7.09. The molecule has 82 valence electrons. The zero-order valence-corrected chi connectivity index (χ0v) is 8.92. The zero-order valence-electron chi connectivity index (χ0n) is 8.92. The Kier molecular flexibility index (Phi) is 4.17. The van der Waals surface area contributed by atoms with Crippen molar-refractivity contribution in [3.8, 4) is 0 Å². The molecule has 0 unspecified atom stereocenters. The zero-order chi connectivity index (χ0) is 11.3. The Morgan fingerprint density at radius 2 is 2.27 bits per heavy atom. The lowest BCUT2D eigenvalue weighted by molar-refractivity contribution is -0.139. The van der Waals surface area contributed by atoms with Crippen LogP contribution in [0, 0.1) is 0 Å². The third-order valence-electron chi connectivity index (χ3n) is 2.05. The van der Waals surface area contributed by atoms with E-state index >= 15 is 0 Å². The van der Waals surface area contributed by atoms with Crippen molar-refractivity contribution in [3.05, 3.63) is 24.3 Å². The monoisotopic (exact) mass is 209 g/mol. The molecule has 0 radical (unpaired) electrons. The number of carbonyl (C=O) groups is 1. The van der Waals surface area contributed by atoms with Crippen LogP contribution < -0.4 is 0 Å². The lowest BCUT2D eigenvalue weighted by atomic mass is 10.3. The van der Waals surface area contributed by atoms with Crippen LogP contribution in [0.15, 0.2) is 18.6 Å². The minimum Gasteiger partial charge on any atom is -0.480 e. The van der Waals surface area contributed by atoms with Crippen molar-refractivity contribution < 1.29 is 9.90 Å². The largest absolute Gasteiger partial charge is 0.480 e. The van der Waals surface area contributed by atoms with E-state index in [9.17, 15) is 4.79 Å². The van der Waals surface area contributed by atoms with Crippen molar-refractivity contribution in [1.29, 1.82) is 0 Å². The van der Waals surface area contributed by atoms with E-state index in [1.165, 1.54) is 0 Å². The Morgan fingerprint density at radius 1 is 1.53 bits per heavy atom. The molecule has 1 aromatic rings. The summed E-state index contributed by atoms with van der Waals surface area (Å²) in [5.74, 6) is -0.826. The molecule has 0 fully saturated rings. The van der Waals surface area contributed by atoms with Gasteiger partial charge in [0, 0.05) is 31.2 Å². The van der Waals surface area contributed by atoms with Crippen molar-refractivity contribution >= 4 is 5.97 Å². The van der Waals surface area contributed by atoms with Gasteiger partial charge in [-0.25, -0.2) is 0 Å². The minimum absolute atomic E-state index is 0.0221. The Balaban J connectivity index is 2.63. The van der Waals surface area contributed by atoms with Gasteiger partial charge in [-0.1, -0.05) is 0 Å². The highest BCUT2D eigenvalue weighted by molar-refractivity contribution is 5.69. The molecule has 1 N–H and O–H groups in total. The van der Waals surface area contributed by atoms with E-state index in [1.807, 2.05) is 18.7 Å². The van der Waals surface area contributed by atoms with Gasteiger partial charge in [-0.05, 0) is 13.8 Å². The molecule has 1 heterocycles. The van der Waals surface area contributed by atoms with Crippen LogP contribution in [0.2, 0.25) is 0 Å². The number of aromatic nitrogens is 2. The predicted molar refractivity (Wildman–Crippen MR) is 55.2 cm³/mol. The maximum atomic E-state index is 10.6. The highest BCUT2D eigenvalue weighted by Crippen LogP contribution is 2.04. The molecule has 0 saturated carbocycles. The van der Waals surface area contributed by atoms with Crippen molar-refractivity contribution in [2.24, 2.45) is 0 Å². The van der Waals surface area contributed by atoms with Gasteiger partial charge in [-0.2, -0.15) is 0 Å². The van der Waals surface area contributed by atoms with Gasteiger partial charge < -0.3 is 5.11 Å². The van der Waals surface area contributed by atoms with E-state index in [2.05, 4.69) is 9.97 Å². The van der Waals surface area contributed by atoms with E-state index in [0.717, 1.165) is 5.69 Å². The normalized spacial score (nSPS) is 10.9. The summed E-state index contributed by atoms with van der Waals surface area (Å²) in [5.41, 5.74) is 0.785. The van der Waals surface area contributed by atoms with Gasteiger partial charge in [-0.3, -0.25) is 19.7 Å². The van der Waals surface area contributed by atoms with Gasteiger partial charge in [0.05, 0.1) is 12.2 Å². The Hall–Kier alpha value is -1.49. The second kappa shape index (κ2) is 5.41. The van der Waals surface area contributed by atoms with Crippen LogP contribution in [0.5, 0.6) is 0 Å². The van der Waals surface area contributed by atoms with Crippen molar-refractivity contribution in [2.45, 2.75) is 26.4 Å². The molecule has 0 aliphatic heterocycles. The molecule has 15 heavy (non-hydrogen) atoms. The van der Waals surface area contributed by atoms with Gasteiger partial charge >= 0.3 is 5.97 Å². The minimum atomic E-state index is -0.826. The van der Waals surface area contributed by atoms with E-state index in [-0.39, 0.29) is 12.6 Å². The van der Waals surface area contributed by atoms with Crippen LogP contribution in [0.25, 0.3) is 0 Å². The molecule has 0 bridgehead atoms. The summed E-state index contributed by atoms with van der Waals surface area (Å²) in [7, 11) is 0. The molecule has 0 spiro atoms. The average Bonchev–Trinajstić information content (AvgIpc) is 2.17. The molecule has 0 saturated heterocycles. The van der Waals surface area contributed by atoms with Crippen LogP contribution in [0.4, 0.5) is 0 Å². The van der Waals surface area contributed by atoms with E-state index in [1.54, 1.807) is 18.6 Å². The van der Waals surface area contributed by atoms with Crippen LogP contribution in [0.1, 0.15) is 19.5 Å². The second-order valence-electron chi connectivity index (χ2n) is 3.59. The van der Waals surface area contributed by atoms with Crippen molar-refractivity contribution in [1.82, 2.24) is 14.9 Å². The summed E-state index contributed by atoms with van der Waals surface area (Å²) in [6.45, 7) is 4.45. The summed E-state index contributed by atoms with van der Waals surface area (Å²) < 4.78 is 0. The highest BCUT2D eigenvalue weighted by Gasteiger charge is 2.14. The van der Waals surface area contributed by atoms with Gasteiger partial charge in [0.1, 0.15) is 0 Å². The molecule has 5 nitrogen and oxygen atoms in total. The summed E-state index contributed by atoms with van der Waals surface area (Å²) in [6.07, 6.45) is 4.85. The first-order valence-electron chi connectivity index (χ1n) is 4.80. The maximum absolute atomic E-state index is 10.6. The van der Waals surface area contributed by atoms with E-state index in [4.69, 9.17) is 5.11 Å². The molecule has 1 rings (SSSR count). The summed E-state index contributed by atoms with van der Waals surface area (Å²) in [4.78, 5) is 20.5. The summed E-state index contributed by atoms with van der Waals surface area (Å²) >= 11 is 0. The smallest absolute Gasteiger partial charge is 0.317 e. The fourth-order valence-corrected chi connectivity index (χ4v) is 1.21. The van der Waals surface area contributed by atoms with Crippen LogP contribution in [0.3, 0.4) is 0 Å². The maximum Gasteiger partial charge on any atom is 0.317 e. The number of hydrogen-bond acceptors (Lipinski definition) is 4. The third-order valence-corrected chi connectivity index (χ3v) is 2.05. The SMILES string of the molecule is CC(C)N(CC(=O)O)Cc1cnccn1. The lowest BCUT2D eigenvalue weighted by Crippen LogP contribution is -2.35.